The number of aromatic hydroxyl groups is 4. The van der Waals surface area contributed by atoms with Gasteiger partial charge in [0.25, 0.3) is 0 Å². The molecule has 2 heterocycles. The minimum absolute atomic E-state index is 0.0113. The first-order valence-corrected chi connectivity index (χ1v) is 10.5. The van der Waals surface area contributed by atoms with Crippen LogP contribution in [0.2, 0.25) is 0 Å². The number of fused-ring (bicyclic) bond motifs is 2. The van der Waals surface area contributed by atoms with Crippen molar-refractivity contribution in [2.24, 2.45) is 0 Å². The Balaban J connectivity index is 2.04. The summed E-state index contributed by atoms with van der Waals surface area (Å²) in [7, 11) is 0. The Morgan fingerprint density at radius 2 is 0.933 bits per heavy atom. The number of ether oxygens (including phenoxy) is 2. The van der Waals surface area contributed by atoms with E-state index in [4.69, 9.17) is 9.47 Å². The van der Waals surface area contributed by atoms with Crippen LogP contribution in [0.25, 0.3) is 11.1 Å². The molecule has 4 atom stereocenters. The van der Waals surface area contributed by atoms with Gasteiger partial charge in [-0.05, 0) is 49.9 Å². The number of hydrogen-bond donors (Lipinski definition) is 4. The third-order valence-electron chi connectivity index (χ3n) is 7.24. The van der Waals surface area contributed by atoms with E-state index in [1.54, 1.807) is 13.8 Å². The molecule has 30 heavy (non-hydrogen) atoms. The Labute approximate surface area is 176 Å². The van der Waals surface area contributed by atoms with Gasteiger partial charge in [-0.25, -0.2) is 0 Å². The van der Waals surface area contributed by atoms with E-state index < -0.39 is 0 Å². The van der Waals surface area contributed by atoms with E-state index in [0.717, 1.165) is 11.1 Å². The maximum Gasteiger partial charge on any atom is 0.133 e. The molecular weight excluding hydrogens is 384 g/mol. The van der Waals surface area contributed by atoms with E-state index in [9.17, 15) is 20.4 Å². The minimum Gasteiger partial charge on any atom is -0.507 e. The summed E-state index contributed by atoms with van der Waals surface area (Å²) in [4.78, 5) is 0. The Morgan fingerprint density at radius 1 is 0.600 bits per heavy atom. The molecule has 0 radical (unpaired) electrons. The van der Waals surface area contributed by atoms with Crippen LogP contribution in [-0.2, 0) is 22.7 Å². The molecule has 0 saturated carbocycles. The highest BCUT2D eigenvalue weighted by atomic mass is 16.5. The number of rotatable bonds is 1. The molecule has 0 aromatic heterocycles. The fourth-order valence-electron chi connectivity index (χ4n) is 5.05. The molecule has 6 heteroatoms. The van der Waals surface area contributed by atoms with Gasteiger partial charge in [-0.2, -0.15) is 0 Å². The zero-order chi connectivity index (χ0) is 22.1. The lowest BCUT2D eigenvalue weighted by atomic mass is 9.80. The molecule has 0 aliphatic carbocycles. The van der Waals surface area contributed by atoms with Crippen molar-refractivity contribution in [1.82, 2.24) is 0 Å². The Kier molecular flexibility index (Phi) is 4.90. The topological polar surface area (TPSA) is 99.4 Å². The van der Waals surface area contributed by atoms with Gasteiger partial charge in [-0.15, -0.1) is 0 Å². The Morgan fingerprint density at radius 3 is 1.27 bits per heavy atom. The van der Waals surface area contributed by atoms with E-state index in [2.05, 4.69) is 0 Å². The highest BCUT2D eigenvalue weighted by Gasteiger charge is 2.36. The average molecular weight is 414 g/mol. The lowest BCUT2D eigenvalue weighted by Crippen LogP contribution is -2.25. The molecule has 0 spiro atoms. The summed E-state index contributed by atoms with van der Waals surface area (Å²) in [6.07, 6.45) is -0.0939. The number of hydrogen-bond acceptors (Lipinski definition) is 6. The van der Waals surface area contributed by atoms with Crippen molar-refractivity contribution in [3.8, 4) is 34.1 Å². The van der Waals surface area contributed by atoms with Crippen LogP contribution < -0.4 is 0 Å². The number of benzene rings is 2. The van der Waals surface area contributed by atoms with Crippen molar-refractivity contribution in [2.75, 3.05) is 0 Å². The maximum atomic E-state index is 11.1. The van der Waals surface area contributed by atoms with Crippen LogP contribution >= 0.6 is 0 Å². The molecule has 2 aromatic carbocycles. The largest absolute Gasteiger partial charge is 0.507 e. The summed E-state index contributed by atoms with van der Waals surface area (Å²) in [5.41, 5.74) is 4.17. The standard InChI is InChI=1S/C24H30O6/c1-9-13(5)29-7-15-17(9)11(3)21(25)19(23(15)27)20-22(26)12(4)18-10(2)14(6)30-8-16(18)24(20)28/h9-10,13-14,25-28H,7-8H2,1-6H3. The third kappa shape index (κ3) is 2.70. The van der Waals surface area contributed by atoms with Crippen LogP contribution in [0, 0.1) is 13.8 Å². The maximum absolute atomic E-state index is 11.1. The van der Waals surface area contributed by atoms with E-state index in [1.165, 1.54) is 0 Å². The molecule has 0 fully saturated rings. The van der Waals surface area contributed by atoms with Crippen LogP contribution in [0.3, 0.4) is 0 Å². The van der Waals surface area contributed by atoms with E-state index >= 15 is 0 Å². The summed E-state index contributed by atoms with van der Waals surface area (Å²) >= 11 is 0. The zero-order valence-electron chi connectivity index (χ0n) is 18.3. The normalized spacial score (nSPS) is 25.7. The highest BCUT2D eigenvalue weighted by molar-refractivity contribution is 5.90. The molecular formula is C24H30O6. The molecule has 6 nitrogen and oxygen atoms in total. The molecule has 0 saturated heterocycles. The second-order valence-corrected chi connectivity index (χ2v) is 8.79. The molecule has 2 aliphatic rings. The molecule has 4 unspecified atom stereocenters. The monoisotopic (exact) mass is 414 g/mol. The van der Waals surface area contributed by atoms with Crippen molar-refractivity contribution >= 4 is 0 Å². The number of phenols is 4. The molecule has 2 aromatic rings. The summed E-state index contributed by atoms with van der Waals surface area (Å²) in [5.74, 6) is -0.652. The fraction of sp³-hybridized carbons (Fsp3) is 0.500. The minimum atomic E-state index is -0.171. The molecule has 2 aliphatic heterocycles. The van der Waals surface area contributed by atoms with Crippen molar-refractivity contribution in [2.45, 2.75) is 78.8 Å². The molecule has 4 N–H and O–H groups in total. The lowest BCUT2D eigenvalue weighted by molar-refractivity contribution is 0.0222. The molecule has 0 bridgehead atoms. The van der Waals surface area contributed by atoms with Crippen molar-refractivity contribution < 1.29 is 29.9 Å². The average Bonchev–Trinajstić information content (AvgIpc) is 2.71. The molecule has 0 amide bonds. The van der Waals surface area contributed by atoms with Gasteiger partial charge in [0.05, 0.1) is 36.5 Å². The van der Waals surface area contributed by atoms with Gasteiger partial charge in [-0.3, -0.25) is 0 Å². The predicted molar refractivity (Wildman–Crippen MR) is 113 cm³/mol. The second kappa shape index (κ2) is 7.06. The smallest absolute Gasteiger partial charge is 0.133 e. The molecule has 162 valence electrons. The summed E-state index contributed by atoms with van der Waals surface area (Å²) in [5, 5.41) is 44.4. The third-order valence-corrected chi connectivity index (χ3v) is 7.24. The molecule has 4 rings (SSSR count). The van der Waals surface area contributed by atoms with E-state index in [1.807, 2.05) is 27.7 Å². The first kappa shape index (κ1) is 20.8. The van der Waals surface area contributed by atoms with Gasteiger partial charge < -0.3 is 29.9 Å². The van der Waals surface area contributed by atoms with Crippen LogP contribution in [0.15, 0.2) is 0 Å². The van der Waals surface area contributed by atoms with E-state index in [0.29, 0.717) is 22.3 Å². The van der Waals surface area contributed by atoms with Crippen molar-refractivity contribution in [3.63, 3.8) is 0 Å². The Bertz CT molecular complexity index is 958. The first-order valence-electron chi connectivity index (χ1n) is 10.5. The summed E-state index contributed by atoms with van der Waals surface area (Å²) < 4.78 is 11.6. The van der Waals surface area contributed by atoms with Gasteiger partial charge in [0.2, 0.25) is 0 Å². The van der Waals surface area contributed by atoms with Crippen molar-refractivity contribution in [3.05, 3.63) is 33.4 Å². The Hall–Kier alpha value is -2.44. The summed E-state index contributed by atoms with van der Waals surface area (Å²) in [6, 6.07) is 0. The highest BCUT2D eigenvalue weighted by Crippen LogP contribution is 2.56. The fourth-order valence-corrected chi connectivity index (χ4v) is 5.05. The van der Waals surface area contributed by atoms with E-state index in [-0.39, 0.29) is 71.4 Å². The van der Waals surface area contributed by atoms with Gasteiger partial charge in [0.15, 0.2) is 0 Å². The number of phenolic OH excluding ortho intramolecular Hbond substituents is 4. The van der Waals surface area contributed by atoms with Crippen LogP contribution in [0.1, 0.15) is 72.9 Å². The quantitative estimate of drug-likeness (QED) is 0.533. The lowest BCUT2D eigenvalue weighted by Gasteiger charge is -2.34. The van der Waals surface area contributed by atoms with Crippen LogP contribution in [0.4, 0.5) is 0 Å². The zero-order valence-corrected chi connectivity index (χ0v) is 18.3. The second-order valence-electron chi connectivity index (χ2n) is 8.79. The van der Waals surface area contributed by atoms with Crippen LogP contribution in [-0.4, -0.2) is 32.6 Å². The summed E-state index contributed by atoms with van der Waals surface area (Å²) in [6.45, 7) is 11.9. The van der Waals surface area contributed by atoms with Crippen molar-refractivity contribution in [1.29, 1.82) is 0 Å². The van der Waals surface area contributed by atoms with Crippen LogP contribution in [0.5, 0.6) is 23.0 Å². The van der Waals surface area contributed by atoms with Gasteiger partial charge in [0.1, 0.15) is 23.0 Å². The van der Waals surface area contributed by atoms with Gasteiger partial charge in [0, 0.05) is 23.0 Å². The van der Waals surface area contributed by atoms with Gasteiger partial charge in [-0.1, -0.05) is 13.8 Å². The first-order chi connectivity index (χ1) is 14.1. The van der Waals surface area contributed by atoms with Gasteiger partial charge >= 0.3 is 0 Å². The SMILES string of the molecule is Cc1c(O)c(-c2c(O)c(C)c3c(c2O)COC(C)C3C)c(O)c2c1C(C)C(C)OC2. The predicted octanol–water partition coefficient (Wildman–Crippen LogP) is 4.84.